The summed E-state index contributed by atoms with van der Waals surface area (Å²) in [6.07, 6.45) is 5.19. The summed E-state index contributed by atoms with van der Waals surface area (Å²) in [5.74, 6) is 0. The molecule has 1 nitrogen and oxygen atoms in total. The number of hydrogen-bond acceptors (Lipinski definition) is 1. The molecule has 0 saturated carbocycles. The van der Waals surface area contributed by atoms with Gasteiger partial charge < -0.3 is 0 Å². The third kappa shape index (κ3) is 3.43. The summed E-state index contributed by atoms with van der Waals surface area (Å²) >= 11 is 0. The summed E-state index contributed by atoms with van der Waals surface area (Å²) in [6.45, 7) is 9.42. The van der Waals surface area contributed by atoms with E-state index in [0.29, 0.717) is 0 Å². The van der Waals surface area contributed by atoms with Crippen molar-refractivity contribution in [1.82, 2.24) is 0 Å². The maximum absolute atomic E-state index is 12.2. The summed E-state index contributed by atoms with van der Waals surface area (Å²) in [5.41, 5.74) is 2.23. The van der Waals surface area contributed by atoms with Crippen LogP contribution in [0.3, 0.4) is 0 Å². The molecule has 1 rings (SSSR count). The predicted molar refractivity (Wildman–Crippen MR) is 72.6 cm³/mol. The van der Waals surface area contributed by atoms with Crippen molar-refractivity contribution < 1.29 is 4.79 Å². The number of benzene rings is 1. The molecule has 1 aromatic rings. The van der Waals surface area contributed by atoms with Crippen molar-refractivity contribution in [3.8, 4) is 0 Å². The molecule has 1 aromatic carbocycles. The second-order valence-electron chi connectivity index (χ2n) is 3.65. The molecule has 0 N–H and O–H groups in total. The van der Waals surface area contributed by atoms with Crippen LogP contribution in [0, 0.1) is 6.92 Å². The van der Waals surface area contributed by atoms with Crippen molar-refractivity contribution in [2.75, 3.05) is 12.3 Å². The lowest BCUT2D eigenvalue weighted by atomic mass is 10.2. The van der Waals surface area contributed by atoms with Gasteiger partial charge in [0, 0.05) is 5.56 Å². The monoisotopic (exact) mass is 232 g/mol. The van der Waals surface area contributed by atoms with Crippen LogP contribution in [0.25, 0.3) is 0 Å². The normalized spacial score (nSPS) is 10.1. The molecular formula is C14H17OP. The molecule has 0 aliphatic carbocycles. The predicted octanol–water partition coefficient (Wildman–Crippen LogP) is 3.99. The number of carbonyl (C=O) groups excluding carboxylic acids is 1. The SMILES string of the molecule is C=CCP(CC=C)C(=O)c1ccc(C)cc1. The van der Waals surface area contributed by atoms with Crippen LogP contribution in [0.1, 0.15) is 15.9 Å². The third-order valence-electron chi connectivity index (χ3n) is 2.28. The summed E-state index contributed by atoms with van der Waals surface area (Å²) in [4.78, 5) is 12.2. The number of hydrogen-bond donors (Lipinski definition) is 0. The van der Waals surface area contributed by atoms with Crippen molar-refractivity contribution in [3.05, 3.63) is 60.7 Å². The van der Waals surface area contributed by atoms with E-state index in [1.807, 2.05) is 43.3 Å². The lowest BCUT2D eigenvalue weighted by Gasteiger charge is -2.12. The van der Waals surface area contributed by atoms with Crippen molar-refractivity contribution in [2.45, 2.75) is 6.92 Å². The highest BCUT2D eigenvalue weighted by Crippen LogP contribution is 2.39. The van der Waals surface area contributed by atoms with Crippen LogP contribution in [0.4, 0.5) is 0 Å². The summed E-state index contributed by atoms with van der Waals surface area (Å²) < 4.78 is 0. The molecule has 0 spiro atoms. The molecule has 84 valence electrons. The van der Waals surface area contributed by atoms with Gasteiger partial charge in [0.2, 0.25) is 0 Å². The van der Waals surface area contributed by atoms with Gasteiger partial charge in [0.1, 0.15) is 0 Å². The van der Waals surface area contributed by atoms with E-state index in [2.05, 4.69) is 13.2 Å². The standard InChI is InChI=1S/C14H17OP/c1-4-10-16(11-5-2)14(15)13-8-6-12(3)7-9-13/h4-9H,1-2,10-11H2,3H3. The summed E-state index contributed by atoms with van der Waals surface area (Å²) in [6, 6.07) is 7.75. The van der Waals surface area contributed by atoms with Gasteiger partial charge in [-0.15, -0.1) is 13.2 Å². The highest BCUT2D eigenvalue weighted by molar-refractivity contribution is 7.75. The smallest absolute Gasteiger partial charge is 0.184 e. The van der Waals surface area contributed by atoms with E-state index in [4.69, 9.17) is 0 Å². The molecule has 0 heterocycles. The van der Waals surface area contributed by atoms with Gasteiger partial charge in [-0.05, 0) is 27.2 Å². The fraction of sp³-hybridized carbons (Fsp3) is 0.214. The molecule has 0 aliphatic heterocycles. The van der Waals surface area contributed by atoms with Crippen LogP contribution in [0.15, 0.2) is 49.6 Å². The van der Waals surface area contributed by atoms with Gasteiger partial charge in [0.05, 0.1) is 0 Å². The number of rotatable bonds is 6. The zero-order chi connectivity index (χ0) is 12.0. The van der Waals surface area contributed by atoms with Gasteiger partial charge in [-0.1, -0.05) is 42.0 Å². The Morgan fingerprint density at radius 1 is 1.19 bits per heavy atom. The average Bonchev–Trinajstić information content (AvgIpc) is 2.29. The lowest BCUT2D eigenvalue weighted by molar-refractivity contribution is 0.108. The Hall–Kier alpha value is -1.20. The van der Waals surface area contributed by atoms with E-state index in [9.17, 15) is 4.79 Å². The van der Waals surface area contributed by atoms with Crippen molar-refractivity contribution in [1.29, 1.82) is 0 Å². The van der Waals surface area contributed by atoms with Gasteiger partial charge >= 0.3 is 0 Å². The van der Waals surface area contributed by atoms with E-state index in [1.165, 1.54) is 5.56 Å². The second kappa shape index (κ2) is 6.40. The average molecular weight is 232 g/mol. The molecule has 0 fully saturated rings. The maximum atomic E-state index is 12.2. The fourth-order valence-electron chi connectivity index (χ4n) is 1.43. The van der Waals surface area contributed by atoms with E-state index >= 15 is 0 Å². The van der Waals surface area contributed by atoms with E-state index < -0.39 is 7.92 Å². The van der Waals surface area contributed by atoms with Crippen LogP contribution >= 0.6 is 7.92 Å². The van der Waals surface area contributed by atoms with Gasteiger partial charge in [-0.2, -0.15) is 0 Å². The van der Waals surface area contributed by atoms with Crippen LogP contribution in [0.2, 0.25) is 0 Å². The number of aryl methyl sites for hydroxylation is 1. The topological polar surface area (TPSA) is 17.1 Å². The Balaban J connectivity index is 2.84. The van der Waals surface area contributed by atoms with Crippen molar-refractivity contribution in [2.24, 2.45) is 0 Å². The molecule has 0 atom stereocenters. The van der Waals surface area contributed by atoms with Crippen LogP contribution in [0.5, 0.6) is 0 Å². The summed E-state index contributed by atoms with van der Waals surface area (Å²) in [7, 11) is -0.683. The molecule has 0 saturated heterocycles. The zero-order valence-electron chi connectivity index (χ0n) is 9.65. The lowest BCUT2D eigenvalue weighted by Crippen LogP contribution is -2.01. The Morgan fingerprint density at radius 3 is 2.12 bits per heavy atom. The maximum Gasteiger partial charge on any atom is 0.184 e. The van der Waals surface area contributed by atoms with Gasteiger partial charge in [0.15, 0.2) is 5.52 Å². The minimum Gasteiger partial charge on any atom is -0.289 e. The van der Waals surface area contributed by atoms with Gasteiger partial charge in [0.25, 0.3) is 0 Å². The third-order valence-corrected chi connectivity index (χ3v) is 4.52. The Morgan fingerprint density at radius 2 is 1.69 bits per heavy atom. The van der Waals surface area contributed by atoms with Gasteiger partial charge in [-0.25, -0.2) is 0 Å². The molecule has 0 radical (unpaired) electrons. The molecule has 0 unspecified atom stereocenters. The van der Waals surface area contributed by atoms with Crippen molar-refractivity contribution >= 4 is 13.4 Å². The molecule has 16 heavy (non-hydrogen) atoms. The highest BCUT2D eigenvalue weighted by Gasteiger charge is 2.16. The van der Waals surface area contributed by atoms with Crippen LogP contribution in [-0.2, 0) is 0 Å². The second-order valence-corrected chi connectivity index (χ2v) is 5.87. The minimum atomic E-state index is -0.683. The quantitative estimate of drug-likeness (QED) is 0.535. The van der Waals surface area contributed by atoms with Crippen molar-refractivity contribution in [3.63, 3.8) is 0 Å². The molecule has 2 heteroatoms. The first kappa shape index (κ1) is 12.9. The Kier molecular flexibility index (Phi) is 5.14. The molecule has 0 bridgehead atoms. The zero-order valence-corrected chi connectivity index (χ0v) is 10.5. The van der Waals surface area contributed by atoms with Crippen LogP contribution in [-0.4, -0.2) is 17.8 Å². The molecule has 0 aliphatic rings. The first-order valence-electron chi connectivity index (χ1n) is 5.26. The molecular weight excluding hydrogens is 215 g/mol. The first-order chi connectivity index (χ1) is 7.69. The van der Waals surface area contributed by atoms with Crippen LogP contribution < -0.4 is 0 Å². The highest BCUT2D eigenvalue weighted by atomic mass is 31.1. The largest absolute Gasteiger partial charge is 0.289 e. The first-order valence-corrected chi connectivity index (χ1v) is 6.98. The number of allylic oxidation sites excluding steroid dienone is 2. The minimum absolute atomic E-state index is 0.245. The Labute approximate surface area is 98.6 Å². The number of carbonyl (C=O) groups is 1. The fourth-order valence-corrected chi connectivity index (χ4v) is 3.05. The molecule has 0 amide bonds. The molecule has 0 aromatic heterocycles. The summed E-state index contributed by atoms with van der Waals surface area (Å²) in [5, 5.41) is 0. The van der Waals surface area contributed by atoms with E-state index in [0.717, 1.165) is 17.9 Å². The van der Waals surface area contributed by atoms with E-state index in [-0.39, 0.29) is 5.52 Å². The van der Waals surface area contributed by atoms with E-state index in [1.54, 1.807) is 0 Å². The van der Waals surface area contributed by atoms with Gasteiger partial charge in [-0.3, -0.25) is 4.79 Å². The Bertz CT molecular complexity index is 368.